The number of anilines is 1. The van der Waals surface area contributed by atoms with E-state index in [1.165, 1.54) is 11.8 Å². The maximum absolute atomic E-state index is 12.4. The maximum Gasteiger partial charge on any atom is 0.234 e. The number of aromatic nitrogens is 2. The molecule has 5 nitrogen and oxygen atoms in total. The molecule has 0 spiro atoms. The molecule has 1 amide bonds. The van der Waals surface area contributed by atoms with Crippen molar-refractivity contribution in [2.75, 3.05) is 18.2 Å². The van der Waals surface area contributed by atoms with Crippen LogP contribution in [0.15, 0.2) is 60.0 Å². The van der Waals surface area contributed by atoms with Gasteiger partial charge in [0.15, 0.2) is 5.16 Å². The lowest BCUT2D eigenvalue weighted by molar-refractivity contribution is -0.113. The first-order chi connectivity index (χ1) is 12.6. The number of benzene rings is 2. The monoisotopic (exact) mass is 367 g/mol. The fourth-order valence-electron chi connectivity index (χ4n) is 2.67. The van der Waals surface area contributed by atoms with Gasteiger partial charge in [0.1, 0.15) is 5.75 Å². The lowest BCUT2D eigenvalue weighted by Crippen LogP contribution is -2.16. The lowest BCUT2D eigenvalue weighted by Gasteiger charge is -2.12. The number of para-hydroxylation sites is 1. The zero-order valence-electron chi connectivity index (χ0n) is 15.0. The van der Waals surface area contributed by atoms with Crippen LogP contribution >= 0.6 is 11.8 Å². The first-order valence-corrected chi connectivity index (χ1v) is 9.23. The van der Waals surface area contributed by atoms with Crippen molar-refractivity contribution in [1.29, 1.82) is 0 Å². The van der Waals surface area contributed by atoms with Crippen LogP contribution in [0.4, 0.5) is 5.69 Å². The van der Waals surface area contributed by atoms with Crippen LogP contribution in [0.1, 0.15) is 11.1 Å². The topological polar surface area (TPSA) is 56.2 Å². The SMILES string of the molecule is COc1cccc(-n2ccnc2SCC(=O)Nc2c(C)cccc2C)c1. The summed E-state index contributed by atoms with van der Waals surface area (Å²) < 4.78 is 7.22. The third-order valence-electron chi connectivity index (χ3n) is 4.02. The molecule has 6 heteroatoms. The molecular weight excluding hydrogens is 346 g/mol. The van der Waals surface area contributed by atoms with Gasteiger partial charge in [-0.2, -0.15) is 0 Å². The van der Waals surface area contributed by atoms with E-state index in [2.05, 4.69) is 10.3 Å². The van der Waals surface area contributed by atoms with Crippen LogP contribution in [0.5, 0.6) is 5.75 Å². The van der Waals surface area contributed by atoms with Gasteiger partial charge in [-0.25, -0.2) is 4.98 Å². The Morgan fingerprint density at radius 3 is 2.65 bits per heavy atom. The summed E-state index contributed by atoms with van der Waals surface area (Å²) in [6.07, 6.45) is 3.60. The molecular formula is C20H21N3O2S. The zero-order valence-corrected chi connectivity index (χ0v) is 15.8. The molecule has 0 radical (unpaired) electrons. The summed E-state index contributed by atoms with van der Waals surface area (Å²) in [5, 5.41) is 3.76. The number of nitrogens with zero attached hydrogens (tertiary/aromatic N) is 2. The van der Waals surface area contributed by atoms with Crippen LogP contribution in [0.3, 0.4) is 0 Å². The van der Waals surface area contributed by atoms with Crippen molar-refractivity contribution < 1.29 is 9.53 Å². The Morgan fingerprint density at radius 1 is 1.19 bits per heavy atom. The Labute approximate surface area is 157 Å². The summed E-state index contributed by atoms with van der Waals surface area (Å²) in [6.45, 7) is 3.98. The second-order valence-corrected chi connectivity index (χ2v) is 6.83. The summed E-state index contributed by atoms with van der Waals surface area (Å²) in [6, 6.07) is 13.7. The Hall–Kier alpha value is -2.73. The molecule has 0 fully saturated rings. The second kappa shape index (κ2) is 8.10. The Balaban J connectivity index is 1.69. The van der Waals surface area contributed by atoms with Crippen LogP contribution in [0.25, 0.3) is 5.69 Å². The third-order valence-corrected chi connectivity index (χ3v) is 4.98. The van der Waals surface area contributed by atoms with E-state index in [0.29, 0.717) is 0 Å². The summed E-state index contributed by atoms with van der Waals surface area (Å²) >= 11 is 1.40. The van der Waals surface area contributed by atoms with E-state index in [-0.39, 0.29) is 11.7 Å². The molecule has 3 aromatic rings. The van der Waals surface area contributed by atoms with E-state index in [9.17, 15) is 4.79 Å². The number of ether oxygens (including phenoxy) is 1. The van der Waals surface area contributed by atoms with Gasteiger partial charge in [0.05, 0.1) is 18.6 Å². The molecule has 0 saturated heterocycles. The van der Waals surface area contributed by atoms with Crippen molar-refractivity contribution >= 4 is 23.4 Å². The molecule has 0 aliphatic carbocycles. The predicted molar refractivity (Wildman–Crippen MR) is 105 cm³/mol. The molecule has 3 rings (SSSR count). The van der Waals surface area contributed by atoms with Gasteiger partial charge in [0.25, 0.3) is 0 Å². The molecule has 0 bridgehead atoms. The number of hydrogen-bond acceptors (Lipinski definition) is 4. The zero-order chi connectivity index (χ0) is 18.5. The number of methoxy groups -OCH3 is 1. The molecule has 0 aliphatic heterocycles. The lowest BCUT2D eigenvalue weighted by atomic mass is 10.1. The Kier molecular flexibility index (Phi) is 5.63. The number of carbonyl (C=O) groups excluding carboxylic acids is 1. The van der Waals surface area contributed by atoms with Crippen molar-refractivity contribution in [3.8, 4) is 11.4 Å². The van der Waals surface area contributed by atoms with Crippen molar-refractivity contribution in [2.24, 2.45) is 0 Å². The minimum Gasteiger partial charge on any atom is -0.497 e. The van der Waals surface area contributed by atoms with Crippen molar-refractivity contribution in [3.05, 3.63) is 66.0 Å². The van der Waals surface area contributed by atoms with Gasteiger partial charge in [0.2, 0.25) is 5.91 Å². The van der Waals surface area contributed by atoms with E-state index in [4.69, 9.17) is 4.74 Å². The molecule has 134 valence electrons. The summed E-state index contributed by atoms with van der Waals surface area (Å²) in [7, 11) is 1.64. The van der Waals surface area contributed by atoms with E-state index in [1.807, 2.05) is 67.1 Å². The molecule has 1 heterocycles. The van der Waals surface area contributed by atoms with Gasteiger partial charge in [0, 0.05) is 24.1 Å². The van der Waals surface area contributed by atoms with Crippen molar-refractivity contribution in [2.45, 2.75) is 19.0 Å². The fraction of sp³-hybridized carbons (Fsp3) is 0.200. The number of amides is 1. The average Bonchev–Trinajstić information content (AvgIpc) is 3.12. The van der Waals surface area contributed by atoms with Crippen molar-refractivity contribution in [1.82, 2.24) is 9.55 Å². The quantitative estimate of drug-likeness (QED) is 0.663. The van der Waals surface area contributed by atoms with Gasteiger partial charge in [-0.15, -0.1) is 0 Å². The maximum atomic E-state index is 12.4. The van der Waals surface area contributed by atoms with Gasteiger partial charge in [-0.05, 0) is 37.1 Å². The average molecular weight is 367 g/mol. The third kappa shape index (κ3) is 4.08. The smallest absolute Gasteiger partial charge is 0.234 e. The van der Waals surface area contributed by atoms with Gasteiger partial charge in [-0.3, -0.25) is 9.36 Å². The highest BCUT2D eigenvalue weighted by atomic mass is 32.2. The normalized spacial score (nSPS) is 10.6. The molecule has 0 unspecified atom stereocenters. The van der Waals surface area contributed by atoms with E-state index in [1.54, 1.807) is 13.3 Å². The van der Waals surface area contributed by atoms with Crippen LogP contribution < -0.4 is 10.1 Å². The Morgan fingerprint density at radius 2 is 1.92 bits per heavy atom. The van der Waals surface area contributed by atoms with E-state index in [0.717, 1.165) is 33.4 Å². The number of hydrogen-bond donors (Lipinski definition) is 1. The molecule has 0 atom stereocenters. The first-order valence-electron chi connectivity index (χ1n) is 8.25. The minimum atomic E-state index is -0.0485. The number of nitrogens with one attached hydrogen (secondary N) is 1. The molecule has 2 aromatic carbocycles. The first kappa shape index (κ1) is 18.1. The van der Waals surface area contributed by atoms with E-state index < -0.39 is 0 Å². The minimum absolute atomic E-state index is 0.0485. The number of imidazole rings is 1. The number of carbonyl (C=O) groups is 1. The second-order valence-electron chi connectivity index (χ2n) is 5.88. The number of rotatable bonds is 6. The van der Waals surface area contributed by atoms with Crippen LogP contribution in [-0.4, -0.2) is 28.3 Å². The summed E-state index contributed by atoms with van der Waals surface area (Å²) in [5.41, 5.74) is 3.94. The highest BCUT2D eigenvalue weighted by Crippen LogP contribution is 2.24. The van der Waals surface area contributed by atoms with Crippen LogP contribution in [0, 0.1) is 13.8 Å². The standard InChI is InChI=1S/C20H21N3O2S/c1-14-6-4-7-15(2)19(14)22-18(24)13-26-20-21-10-11-23(20)16-8-5-9-17(12-16)25-3/h4-12H,13H2,1-3H3,(H,22,24). The molecule has 1 aromatic heterocycles. The largest absolute Gasteiger partial charge is 0.497 e. The van der Waals surface area contributed by atoms with Crippen LogP contribution in [0.2, 0.25) is 0 Å². The summed E-state index contributed by atoms with van der Waals surface area (Å²) in [4.78, 5) is 16.7. The van der Waals surface area contributed by atoms with Crippen LogP contribution in [-0.2, 0) is 4.79 Å². The van der Waals surface area contributed by atoms with Crippen molar-refractivity contribution in [3.63, 3.8) is 0 Å². The Bertz CT molecular complexity index is 901. The molecule has 1 N–H and O–H groups in total. The highest BCUT2D eigenvalue weighted by molar-refractivity contribution is 7.99. The predicted octanol–water partition coefficient (Wildman–Crippen LogP) is 4.23. The van der Waals surface area contributed by atoms with Gasteiger partial charge in [-0.1, -0.05) is 36.0 Å². The fourth-order valence-corrected chi connectivity index (χ4v) is 3.44. The number of aryl methyl sites for hydroxylation is 2. The summed E-state index contributed by atoms with van der Waals surface area (Å²) in [5.74, 6) is 1.02. The molecule has 0 aliphatic rings. The van der Waals surface area contributed by atoms with E-state index >= 15 is 0 Å². The van der Waals surface area contributed by atoms with Gasteiger partial charge < -0.3 is 10.1 Å². The molecule has 26 heavy (non-hydrogen) atoms. The van der Waals surface area contributed by atoms with Gasteiger partial charge >= 0.3 is 0 Å². The molecule has 0 saturated carbocycles. The highest BCUT2D eigenvalue weighted by Gasteiger charge is 2.11. The number of thioether (sulfide) groups is 1.